The second-order valence-electron chi connectivity index (χ2n) is 15.8. The Hall–Kier alpha value is -5.60. The smallest absolute Gasteiger partial charge is 0.233 e. The summed E-state index contributed by atoms with van der Waals surface area (Å²) in [6, 6.07) is 34.1. The van der Waals surface area contributed by atoms with Crippen LogP contribution >= 0.6 is 0 Å². The van der Waals surface area contributed by atoms with Crippen LogP contribution in [0.25, 0.3) is 5.57 Å². The van der Waals surface area contributed by atoms with Crippen LogP contribution in [0.5, 0.6) is 11.5 Å². The summed E-state index contributed by atoms with van der Waals surface area (Å²) in [4.78, 5) is 63.6. The molecule has 5 aliphatic rings. The highest BCUT2D eigenvalue weighted by Gasteiger charge is 2.66. The third kappa shape index (κ3) is 5.60. The Morgan fingerprint density at radius 3 is 2.16 bits per heavy atom. The minimum atomic E-state index is -1.34. The monoisotopic (exact) mass is 732 g/mol. The van der Waals surface area contributed by atoms with Crippen LogP contribution in [0.3, 0.4) is 0 Å². The van der Waals surface area contributed by atoms with Crippen LogP contribution in [-0.4, -0.2) is 64.5 Å². The van der Waals surface area contributed by atoms with Gasteiger partial charge in [-0.3, -0.25) is 29.0 Å². The van der Waals surface area contributed by atoms with Gasteiger partial charge >= 0.3 is 0 Å². The Balaban J connectivity index is 1.13. The van der Waals surface area contributed by atoms with Crippen molar-refractivity contribution in [1.29, 1.82) is 0 Å². The van der Waals surface area contributed by atoms with Crippen molar-refractivity contribution in [1.82, 2.24) is 9.80 Å². The van der Waals surface area contributed by atoms with E-state index in [-0.39, 0.29) is 47.3 Å². The molecule has 2 heterocycles. The van der Waals surface area contributed by atoms with Gasteiger partial charge < -0.3 is 9.84 Å². The van der Waals surface area contributed by atoms with Crippen molar-refractivity contribution < 1.29 is 29.0 Å². The van der Waals surface area contributed by atoms with Crippen LogP contribution in [0.15, 0.2) is 127 Å². The second-order valence-corrected chi connectivity index (χ2v) is 15.8. The van der Waals surface area contributed by atoms with E-state index in [0.717, 1.165) is 30.8 Å². The van der Waals surface area contributed by atoms with Gasteiger partial charge in [-0.15, -0.1) is 0 Å². The molecule has 55 heavy (non-hydrogen) atoms. The van der Waals surface area contributed by atoms with Crippen LogP contribution in [0, 0.1) is 23.7 Å². The summed E-state index contributed by atoms with van der Waals surface area (Å²) in [5.74, 6) is -3.51. The summed E-state index contributed by atoms with van der Waals surface area (Å²) in [6.45, 7) is 2.41. The molecule has 0 radical (unpaired) electrons. The van der Waals surface area contributed by atoms with Gasteiger partial charge in [0.05, 0.1) is 24.4 Å². The van der Waals surface area contributed by atoms with E-state index in [1.54, 1.807) is 23.1 Å². The van der Waals surface area contributed by atoms with E-state index in [1.165, 1.54) is 18.7 Å². The van der Waals surface area contributed by atoms with Crippen LogP contribution in [0.4, 0.5) is 0 Å². The molecule has 2 saturated heterocycles. The molecule has 4 aromatic carbocycles. The van der Waals surface area contributed by atoms with Gasteiger partial charge in [0, 0.05) is 43.1 Å². The lowest BCUT2D eigenvalue weighted by Crippen LogP contribution is -2.58. The Bertz CT molecular complexity index is 2230. The number of Topliss-reactive ketones (excluding diaryl/α,β-unsaturated/α-hetero) is 1. The highest BCUT2D eigenvalue weighted by molar-refractivity contribution is 6.31. The Morgan fingerprint density at radius 1 is 0.800 bits per heavy atom. The number of amides is 2. The maximum absolute atomic E-state index is 15.2. The third-order valence-electron chi connectivity index (χ3n) is 13.1. The SMILES string of the molecule is COc1cc(C2C3=CCC4C(=O)N(C5CCN(Cc6ccccc6)CC5)C(=O)C4C3CC3C(=O)C(c4ccccc4)=CC(=O)C32c2ccccc2)ccc1O. The van der Waals surface area contributed by atoms with E-state index in [0.29, 0.717) is 36.0 Å². The van der Waals surface area contributed by atoms with E-state index in [9.17, 15) is 14.7 Å². The number of hydrogen-bond acceptors (Lipinski definition) is 7. The lowest BCUT2D eigenvalue weighted by Gasteiger charge is -2.55. The normalized spacial score (nSPS) is 28.2. The van der Waals surface area contributed by atoms with Crippen molar-refractivity contribution in [3.63, 3.8) is 0 Å². The molecule has 3 fully saturated rings. The van der Waals surface area contributed by atoms with Crippen molar-refractivity contribution in [3.05, 3.63) is 149 Å². The topological polar surface area (TPSA) is 104 Å². The molecule has 9 rings (SSSR count). The number of benzene rings is 4. The van der Waals surface area contributed by atoms with E-state index in [2.05, 4.69) is 23.1 Å². The second kappa shape index (κ2) is 13.9. The highest BCUT2D eigenvalue weighted by atomic mass is 16.5. The van der Waals surface area contributed by atoms with Gasteiger partial charge in [-0.05, 0) is 72.1 Å². The van der Waals surface area contributed by atoms with Gasteiger partial charge in [0.15, 0.2) is 23.1 Å². The molecule has 3 aliphatic carbocycles. The number of carbonyl (C=O) groups is 4. The molecule has 1 saturated carbocycles. The molecule has 6 atom stereocenters. The van der Waals surface area contributed by atoms with E-state index in [1.807, 2.05) is 78.9 Å². The number of nitrogens with zero attached hydrogens (tertiary/aromatic N) is 2. The van der Waals surface area contributed by atoms with Crippen molar-refractivity contribution >= 4 is 29.0 Å². The van der Waals surface area contributed by atoms with Crippen molar-refractivity contribution in [2.75, 3.05) is 20.2 Å². The summed E-state index contributed by atoms with van der Waals surface area (Å²) in [5, 5.41) is 10.7. The number of rotatable bonds is 7. The molecule has 1 N–H and O–H groups in total. The van der Waals surface area contributed by atoms with E-state index < -0.39 is 35.0 Å². The zero-order valence-electron chi connectivity index (χ0n) is 30.8. The number of likely N-dealkylation sites (tertiary alicyclic amines) is 2. The number of allylic oxidation sites excluding steroid dienone is 4. The maximum atomic E-state index is 15.2. The van der Waals surface area contributed by atoms with Gasteiger partial charge in [-0.2, -0.15) is 0 Å². The molecule has 8 nitrogen and oxygen atoms in total. The first-order chi connectivity index (χ1) is 26.8. The number of phenols is 1. The molecule has 278 valence electrons. The first-order valence-electron chi connectivity index (χ1n) is 19.4. The molecular weight excluding hydrogens is 689 g/mol. The Morgan fingerprint density at radius 2 is 1.47 bits per heavy atom. The van der Waals surface area contributed by atoms with Crippen LogP contribution in [0.1, 0.15) is 53.9 Å². The number of hydrogen-bond donors (Lipinski definition) is 1. The largest absolute Gasteiger partial charge is 0.504 e. The third-order valence-corrected chi connectivity index (χ3v) is 13.1. The maximum Gasteiger partial charge on any atom is 0.233 e. The number of piperidine rings is 1. The molecule has 0 bridgehead atoms. The van der Waals surface area contributed by atoms with Crippen molar-refractivity contribution in [2.45, 2.75) is 49.6 Å². The first kappa shape index (κ1) is 35.1. The van der Waals surface area contributed by atoms with Gasteiger partial charge in [-0.1, -0.05) is 109 Å². The highest BCUT2D eigenvalue weighted by Crippen LogP contribution is 2.64. The number of fused-ring (bicyclic) bond motifs is 4. The fraction of sp³-hybridized carbons (Fsp3) is 0.319. The summed E-state index contributed by atoms with van der Waals surface area (Å²) >= 11 is 0. The number of carbonyl (C=O) groups excluding carboxylic acids is 4. The first-order valence-corrected chi connectivity index (χ1v) is 19.4. The number of aromatic hydroxyl groups is 1. The molecule has 2 aliphatic heterocycles. The number of phenolic OH excluding ortho intramolecular Hbond substituents is 1. The van der Waals surface area contributed by atoms with Gasteiger partial charge in [0.2, 0.25) is 11.8 Å². The van der Waals surface area contributed by atoms with Crippen molar-refractivity contribution in [3.8, 4) is 11.5 Å². The average molecular weight is 733 g/mol. The molecule has 2 amide bonds. The van der Waals surface area contributed by atoms with Crippen LogP contribution in [-0.2, 0) is 31.1 Å². The molecule has 8 heteroatoms. The van der Waals surface area contributed by atoms with E-state index in [4.69, 9.17) is 4.74 Å². The number of ketones is 2. The molecule has 0 spiro atoms. The number of methoxy groups -OCH3 is 1. The Kier molecular flexibility index (Phi) is 8.89. The zero-order valence-corrected chi connectivity index (χ0v) is 30.8. The van der Waals surface area contributed by atoms with Crippen LogP contribution in [0.2, 0.25) is 0 Å². The Labute approximate surface area is 321 Å². The standard InChI is InChI=1S/C47H44N2O6/c1-55-40-25-31(17-20-39(40)50)43-34-18-19-35-42(46(54)49(45(35)53)33-21-23-48(24-22-33)28-29-11-5-2-6-12-29)37(34)26-38-44(52)36(30-13-7-3-8-14-30)27-41(51)47(38,43)32-15-9-4-10-16-32/h2-18,20,25,27,33,35,37-38,42-43,50H,19,21-24,26,28H2,1H3. The van der Waals surface area contributed by atoms with Gasteiger partial charge in [0.25, 0.3) is 0 Å². The fourth-order valence-corrected chi connectivity index (χ4v) is 10.7. The summed E-state index contributed by atoms with van der Waals surface area (Å²) < 4.78 is 5.59. The zero-order chi connectivity index (χ0) is 37.8. The molecular formula is C47H44N2O6. The molecule has 0 aromatic heterocycles. The summed E-state index contributed by atoms with van der Waals surface area (Å²) in [7, 11) is 1.48. The minimum Gasteiger partial charge on any atom is -0.504 e. The van der Waals surface area contributed by atoms with Gasteiger partial charge in [0.1, 0.15) is 0 Å². The molecule has 6 unspecified atom stereocenters. The minimum absolute atomic E-state index is 0.0408. The van der Waals surface area contributed by atoms with Gasteiger partial charge in [-0.25, -0.2) is 0 Å². The van der Waals surface area contributed by atoms with Crippen LogP contribution < -0.4 is 4.74 Å². The lowest BCUT2D eigenvalue weighted by molar-refractivity contribution is -0.144. The number of ether oxygens (including phenoxy) is 1. The fourth-order valence-electron chi connectivity index (χ4n) is 10.7. The van der Waals surface area contributed by atoms with Crippen molar-refractivity contribution in [2.24, 2.45) is 23.7 Å². The predicted molar refractivity (Wildman–Crippen MR) is 208 cm³/mol. The quantitative estimate of drug-likeness (QED) is 0.163. The summed E-state index contributed by atoms with van der Waals surface area (Å²) in [6.07, 6.45) is 5.66. The molecule has 4 aromatic rings. The summed E-state index contributed by atoms with van der Waals surface area (Å²) in [5.41, 5.74) is 3.25. The lowest BCUT2D eigenvalue weighted by atomic mass is 9.44. The van der Waals surface area contributed by atoms with E-state index >= 15 is 9.59 Å². The number of imide groups is 1. The predicted octanol–water partition coefficient (Wildman–Crippen LogP) is 6.89. The average Bonchev–Trinajstić information content (AvgIpc) is 3.48.